The first-order valence-electron chi connectivity index (χ1n) is 15.2. The number of carbonyl (C=O) groups excluding carboxylic acids is 1. The Bertz CT molecular complexity index is 1350. The van der Waals surface area contributed by atoms with Crippen molar-refractivity contribution in [2.45, 2.75) is 91.9 Å². The lowest BCUT2D eigenvalue weighted by Crippen LogP contribution is -2.33. The molecule has 0 saturated carbocycles. The van der Waals surface area contributed by atoms with Crippen LogP contribution in [0.3, 0.4) is 0 Å². The number of benzene rings is 2. The number of rotatable bonds is 8. The number of hydrogen-bond acceptors (Lipinski definition) is 7. The zero-order chi connectivity index (χ0) is 31.4. The third kappa shape index (κ3) is 9.85. The number of aromatic nitrogens is 1. The van der Waals surface area contributed by atoms with E-state index in [1.54, 1.807) is 13.8 Å². The number of aliphatic hydroxyl groups is 1. The summed E-state index contributed by atoms with van der Waals surface area (Å²) in [6.45, 7) is 14.0. The molecule has 1 fully saturated rings. The number of fused-ring (bicyclic) bond motifs is 1. The number of nitrogens with one attached hydrogen (secondary N) is 2. The molecule has 3 N–H and O–H groups in total. The highest BCUT2D eigenvalue weighted by Gasteiger charge is 2.27. The zero-order valence-corrected chi connectivity index (χ0v) is 27.4. The van der Waals surface area contributed by atoms with Crippen molar-refractivity contribution in [3.63, 3.8) is 0 Å². The normalized spacial score (nSPS) is 17.6. The molecule has 8 heteroatoms. The van der Waals surface area contributed by atoms with Crippen molar-refractivity contribution in [2.24, 2.45) is 0 Å². The van der Waals surface area contributed by atoms with Crippen molar-refractivity contribution in [1.82, 2.24) is 14.4 Å². The smallest absolute Gasteiger partial charge is 0.232 e. The quantitative estimate of drug-likeness (QED) is 0.177. The molecule has 2 aromatic carbocycles. The van der Waals surface area contributed by atoms with Crippen molar-refractivity contribution in [3.8, 4) is 22.8 Å². The molecule has 232 valence electrons. The largest absolute Gasteiger partial charge is 0.486 e. The van der Waals surface area contributed by atoms with Gasteiger partial charge >= 0.3 is 0 Å². The summed E-state index contributed by atoms with van der Waals surface area (Å²) in [4.78, 5) is 16.4. The fraction of sp³-hybridized carbons (Fsp3) is 0.429. The average molecular weight is 606 g/mol. The third-order valence-corrected chi connectivity index (χ3v) is 7.91. The molecule has 1 amide bonds. The van der Waals surface area contributed by atoms with Gasteiger partial charge in [-0.25, -0.2) is 9.71 Å². The molecule has 3 aromatic rings. The summed E-state index contributed by atoms with van der Waals surface area (Å²) < 4.78 is 18.1. The van der Waals surface area contributed by atoms with E-state index in [0.717, 1.165) is 35.4 Å². The summed E-state index contributed by atoms with van der Waals surface area (Å²) in [6, 6.07) is 18.4. The number of nitrogens with zero attached hydrogens (tertiary/aromatic N) is 1. The Balaban J connectivity index is 0.000000780. The highest BCUT2D eigenvalue weighted by atomic mass is 32.2. The second-order valence-corrected chi connectivity index (χ2v) is 11.6. The zero-order valence-electron chi connectivity index (χ0n) is 26.6. The molecule has 2 heterocycles. The topological polar surface area (TPSA) is 92.7 Å². The molecule has 2 unspecified atom stereocenters. The molecule has 2 aliphatic rings. The van der Waals surface area contributed by atoms with Crippen LogP contribution in [-0.4, -0.2) is 28.2 Å². The number of amides is 1. The first-order chi connectivity index (χ1) is 20.7. The summed E-state index contributed by atoms with van der Waals surface area (Å²) in [6.07, 6.45) is 6.82. The molecule has 1 saturated heterocycles. The highest BCUT2D eigenvalue weighted by molar-refractivity contribution is 7.96. The van der Waals surface area contributed by atoms with E-state index in [2.05, 4.69) is 38.7 Å². The fourth-order valence-electron chi connectivity index (χ4n) is 4.85. The summed E-state index contributed by atoms with van der Waals surface area (Å²) in [5.41, 5.74) is 6.03. The Labute approximate surface area is 261 Å². The maximum absolute atomic E-state index is 11.7. The lowest BCUT2D eigenvalue weighted by Gasteiger charge is -2.23. The summed E-state index contributed by atoms with van der Waals surface area (Å²) >= 11 is 1.23. The standard InChI is InChI=1S/C29H33N3O4S.C4H8.C2H6/c1-18-21(12-14-28(30-18)35-16-15-29(2,3)34)22-5-4-6-24-23(22)11-13-26(24)36-20-9-7-19(8-10-20)25-17-27(33)32-37-31-25;1-3-4-2;1-2/h4-10,12,14,25-26,31,34H,11,13,15-17H2,1-3H3,(H,32,33);3-4H,1-2H3;1-2H3/b;4-3-;. The maximum Gasteiger partial charge on any atom is 0.232 e. The predicted octanol–water partition coefficient (Wildman–Crippen LogP) is 7.99. The van der Waals surface area contributed by atoms with E-state index in [1.807, 2.05) is 77.1 Å². The molecule has 5 rings (SSSR count). The first-order valence-corrected chi connectivity index (χ1v) is 16.0. The van der Waals surface area contributed by atoms with Crippen LogP contribution in [0.4, 0.5) is 0 Å². The fourth-order valence-corrected chi connectivity index (χ4v) is 5.47. The molecule has 0 bridgehead atoms. The second-order valence-electron chi connectivity index (χ2n) is 10.9. The third-order valence-electron chi connectivity index (χ3n) is 7.18. The number of ether oxygens (including phenoxy) is 2. The Hall–Kier alpha value is -3.33. The van der Waals surface area contributed by atoms with Crippen LogP contribution in [0.25, 0.3) is 11.1 Å². The van der Waals surface area contributed by atoms with Crippen LogP contribution in [0.1, 0.15) is 95.3 Å². The van der Waals surface area contributed by atoms with Gasteiger partial charge < -0.3 is 14.6 Å². The van der Waals surface area contributed by atoms with Crippen molar-refractivity contribution in [2.75, 3.05) is 6.61 Å². The van der Waals surface area contributed by atoms with Gasteiger partial charge in [-0.1, -0.05) is 56.3 Å². The number of pyridine rings is 1. The van der Waals surface area contributed by atoms with Gasteiger partial charge in [0.25, 0.3) is 0 Å². The van der Waals surface area contributed by atoms with E-state index in [0.29, 0.717) is 25.3 Å². The molecule has 0 radical (unpaired) electrons. The molecular formula is C35H47N3O4S. The Morgan fingerprint density at radius 1 is 1.05 bits per heavy atom. The lowest BCUT2D eigenvalue weighted by atomic mass is 9.96. The van der Waals surface area contributed by atoms with Gasteiger partial charge in [-0.2, -0.15) is 0 Å². The summed E-state index contributed by atoms with van der Waals surface area (Å²) in [7, 11) is 0. The minimum atomic E-state index is -0.760. The van der Waals surface area contributed by atoms with Gasteiger partial charge in [0.1, 0.15) is 11.9 Å². The Kier molecular flexibility index (Phi) is 13.1. The SMILES string of the molecule is C/C=C\C.CC.Cc1nc(OCCC(C)(C)O)ccc1-c1cccc2c1CCC2Oc1ccc(C2CC(=O)NSN2)cc1. The second kappa shape index (κ2) is 16.5. The van der Waals surface area contributed by atoms with Crippen LogP contribution < -0.4 is 18.9 Å². The van der Waals surface area contributed by atoms with Crippen molar-refractivity contribution < 1.29 is 19.4 Å². The number of hydrogen-bond donors (Lipinski definition) is 3. The van der Waals surface area contributed by atoms with E-state index < -0.39 is 5.60 Å². The molecule has 7 nitrogen and oxygen atoms in total. The van der Waals surface area contributed by atoms with Crippen molar-refractivity contribution in [1.29, 1.82) is 0 Å². The molecule has 1 aromatic heterocycles. The average Bonchev–Trinajstić information content (AvgIpc) is 3.41. The van der Waals surface area contributed by atoms with E-state index in [4.69, 9.17) is 9.47 Å². The molecule has 0 spiro atoms. The van der Waals surface area contributed by atoms with Gasteiger partial charge in [0, 0.05) is 42.3 Å². The number of aryl methyl sites for hydroxylation is 1. The van der Waals surface area contributed by atoms with Crippen LogP contribution in [-0.2, 0) is 11.2 Å². The lowest BCUT2D eigenvalue weighted by molar-refractivity contribution is -0.120. The minimum absolute atomic E-state index is 0.00211. The van der Waals surface area contributed by atoms with Crippen LogP contribution >= 0.6 is 12.1 Å². The van der Waals surface area contributed by atoms with Gasteiger partial charge in [-0.3, -0.25) is 9.52 Å². The van der Waals surface area contributed by atoms with E-state index in [1.165, 1.54) is 28.8 Å². The molecule has 1 aliphatic heterocycles. The molecule has 2 atom stereocenters. The van der Waals surface area contributed by atoms with E-state index >= 15 is 0 Å². The van der Waals surface area contributed by atoms with Crippen LogP contribution in [0.2, 0.25) is 0 Å². The summed E-state index contributed by atoms with van der Waals surface area (Å²) in [5.74, 6) is 1.43. The Morgan fingerprint density at radius 2 is 1.77 bits per heavy atom. The highest BCUT2D eigenvalue weighted by Crippen LogP contribution is 2.41. The van der Waals surface area contributed by atoms with E-state index in [9.17, 15) is 9.90 Å². The van der Waals surface area contributed by atoms with Gasteiger partial charge in [0.15, 0.2) is 0 Å². The van der Waals surface area contributed by atoms with Gasteiger partial charge in [0.2, 0.25) is 11.8 Å². The van der Waals surface area contributed by atoms with Crippen LogP contribution in [0.5, 0.6) is 11.6 Å². The monoisotopic (exact) mass is 605 g/mol. The van der Waals surface area contributed by atoms with Crippen LogP contribution in [0, 0.1) is 6.92 Å². The van der Waals surface area contributed by atoms with Crippen LogP contribution in [0.15, 0.2) is 66.7 Å². The van der Waals surface area contributed by atoms with Crippen molar-refractivity contribution >= 4 is 18.0 Å². The summed E-state index contributed by atoms with van der Waals surface area (Å²) in [5, 5.41) is 9.89. The minimum Gasteiger partial charge on any atom is -0.486 e. The molecule has 1 aliphatic carbocycles. The van der Waals surface area contributed by atoms with Gasteiger partial charge in [-0.05, 0) is 87.9 Å². The van der Waals surface area contributed by atoms with Gasteiger partial charge in [-0.15, -0.1) is 0 Å². The van der Waals surface area contributed by atoms with Crippen molar-refractivity contribution in [3.05, 3.63) is 89.1 Å². The van der Waals surface area contributed by atoms with Gasteiger partial charge in [0.05, 0.1) is 18.2 Å². The number of allylic oxidation sites excluding steroid dienone is 2. The maximum atomic E-state index is 11.7. The predicted molar refractivity (Wildman–Crippen MR) is 177 cm³/mol. The molecule has 43 heavy (non-hydrogen) atoms. The number of carbonyl (C=O) groups is 1. The molecular weight excluding hydrogens is 558 g/mol. The Morgan fingerprint density at radius 3 is 2.40 bits per heavy atom. The van der Waals surface area contributed by atoms with E-state index in [-0.39, 0.29) is 18.1 Å². The first kappa shape index (κ1) is 34.2.